The third kappa shape index (κ3) is 3.94. The van der Waals surface area contributed by atoms with Gasteiger partial charge in [-0.15, -0.1) is 5.10 Å². The number of ether oxygens (including phenoxy) is 2. The van der Waals surface area contributed by atoms with Crippen molar-refractivity contribution in [2.45, 2.75) is 6.92 Å². The minimum Gasteiger partial charge on any atom is -0.484 e. The summed E-state index contributed by atoms with van der Waals surface area (Å²) < 4.78 is 22.9. The second kappa shape index (κ2) is 6.50. The van der Waals surface area contributed by atoms with E-state index in [0.29, 0.717) is 12.4 Å². The van der Waals surface area contributed by atoms with E-state index in [-0.39, 0.29) is 24.4 Å². The Labute approximate surface area is 114 Å². The molecule has 0 spiro atoms. The fourth-order valence-electron chi connectivity index (χ4n) is 1.34. The number of benzene rings is 1. The summed E-state index contributed by atoms with van der Waals surface area (Å²) in [6, 6.07) is 5.52. The van der Waals surface area contributed by atoms with Crippen LogP contribution in [-0.2, 0) is 4.79 Å². The van der Waals surface area contributed by atoms with E-state index in [2.05, 4.69) is 20.5 Å². The molecular weight excluding hydrogens is 267 g/mol. The maximum absolute atomic E-state index is 12.7. The summed E-state index contributed by atoms with van der Waals surface area (Å²) in [7, 11) is 0. The fourth-order valence-corrected chi connectivity index (χ4v) is 1.34. The highest BCUT2D eigenvalue weighted by Crippen LogP contribution is 2.11. The van der Waals surface area contributed by atoms with Crippen molar-refractivity contribution >= 4 is 11.9 Å². The summed E-state index contributed by atoms with van der Waals surface area (Å²) in [5, 5.41) is 8.69. The molecule has 1 aromatic heterocycles. The highest BCUT2D eigenvalue weighted by molar-refractivity contribution is 5.90. The SMILES string of the molecule is CCOc1n[nH]c(NC(=O)COc2ccc(F)cc2)n1. The first-order valence-electron chi connectivity index (χ1n) is 5.91. The molecule has 0 aliphatic rings. The first-order valence-corrected chi connectivity index (χ1v) is 5.91. The van der Waals surface area contributed by atoms with E-state index >= 15 is 0 Å². The van der Waals surface area contributed by atoms with Crippen molar-refractivity contribution in [2.24, 2.45) is 0 Å². The van der Waals surface area contributed by atoms with E-state index in [1.54, 1.807) is 6.92 Å². The van der Waals surface area contributed by atoms with E-state index in [1.807, 2.05) is 0 Å². The zero-order valence-electron chi connectivity index (χ0n) is 10.7. The predicted molar refractivity (Wildman–Crippen MR) is 68.1 cm³/mol. The van der Waals surface area contributed by atoms with Crippen LogP contribution in [0.15, 0.2) is 24.3 Å². The molecule has 8 heteroatoms. The van der Waals surface area contributed by atoms with E-state index in [1.165, 1.54) is 24.3 Å². The highest BCUT2D eigenvalue weighted by atomic mass is 19.1. The van der Waals surface area contributed by atoms with Crippen molar-refractivity contribution in [1.29, 1.82) is 0 Å². The van der Waals surface area contributed by atoms with Gasteiger partial charge in [-0.3, -0.25) is 10.1 Å². The molecule has 20 heavy (non-hydrogen) atoms. The molecule has 106 valence electrons. The van der Waals surface area contributed by atoms with Gasteiger partial charge in [0, 0.05) is 0 Å². The zero-order valence-corrected chi connectivity index (χ0v) is 10.7. The van der Waals surface area contributed by atoms with Crippen molar-refractivity contribution in [3.63, 3.8) is 0 Å². The van der Waals surface area contributed by atoms with E-state index in [9.17, 15) is 9.18 Å². The van der Waals surface area contributed by atoms with Crippen LogP contribution in [0.5, 0.6) is 11.8 Å². The van der Waals surface area contributed by atoms with Gasteiger partial charge in [0.1, 0.15) is 11.6 Å². The molecule has 0 saturated heterocycles. The fraction of sp³-hybridized carbons (Fsp3) is 0.250. The van der Waals surface area contributed by atoms with Crippen LogP contribution in [-0.4, -0.2) is 34.3 Å². The third-order valence-electron chi connectivity index (χ3n) is 2.18. The lowest BCUT2D eigenvalue weighted by molar-refractivity contribution is -0.118. The molecule has 2 aromatic rings. The lowest BCUT2D eigenvalue weighted by Gasteiger charge is -2.05. The molecule has 0 saturated carbocycles. The maximum Gasteiger partial charge on any atom is 0.337 e. The summed E-state index contributed by atoms with van der Waals surface area (Å²) in [4.78, 5) is 15.5. The van der Waals surface area contributed by atoms with E-state index < -0.39 is 5.91 Å². The smallest absolute Gasteiger partial charge is 0.337 e. The van der Waals surface area contributed by atoms with Crippen LogP contribution in [0.2, 0.25) is 0 Å². The first kappa shape index (κ1) is 13.8. The van der Waals surface area contributed by atoms with Crippen molar-refractivity contribution in [3.8, 4) is 11.8 Å². The molecule has 0 bridgehead atoms. The molecule has 1 heterocycles. The molecule has 2 rings (SSSR count). The maximum atomic E-state index is 12.7. The zero-order chi connectivity index (χ0) is 14.4. The predicted octanol–water partition coefficient (Wildman–Crippen LogP) is 1.36. The summed E-state index contributed by atoms with van der Waals surface area (Å²) in [6.07, 6.45) is 0. The number of aromatic amines is 1. The number of nitrogens with zero attached hydrogens (tertiary/aromatic N) is 2. The molecule has 0 radical (unpaired) electrons. The van der Waals surface area contributed by atoms with Crippen molar-refractivity contribution in [2.75, 3.05) is 18.5 Å². The average Bonchev–Trinajstić information content (AvgIpc) is 2.86. The van der Waals surface area contributed by atoms with Gasteiger partial charge in [-0.25, -0.2) is 9.49 Å². The number of aromatic nitrogens is 3. The van der Waals surface area contributed by atoms with Crippen LogP contribution in [0.25, 0.3) is 0 Å². The van der Waals surface area contributed by atoms with E-state index in [0.717, 1.165) is 0 Å². The number of rotatable bonds is 6. The summed E-state index contributed by atoms with van der Waals surface area (Å²) in [5.74, 6) is -0.226. The van der Waals surface area contributed by atoms with Crippen LogP contribution in [0.1, 0.15) is 6.92 Å². The lowest BCUT2D eigenvalue weighted by atomic mass is 10.3. The van der Waals surface area contributed by atoms with Gasteiger partial charge in [-0.1, -0.05) is 0 Å². The van der Waals surface area contributed by atoms with Gasteiger partial charge in [0.15, 0.2) is 6.61 Å². The lowest BCUT2D eigenvalue weighted by Crippen LogP contribution is -2.20. The number of nitrogens with one attached hydrogen (secondary N) is 2. The third-order valence-corrected chi connectivity index (χ3v) is 2.18. The Morgan fingerprint density at radius 3 is 2.80 bits per heavy atom. The number of halogens is 1. The van der Waals surface area contributed by atoms with Gasteiger partial charge in [-0.2, -0.15) is 4.98 Å². The normalized spacial score (nSPS) is 10.1. The van der Waals surface area contributed by atoms with Gasteiger partial charge in [-0.05, 0) is 31.2 Å². The van der Waals surface area contributed by atoms with Crippen molar-refractivity contribution in [1.82, 2.24) is 15.2 Å². The summed E-state index contributed by atoms with van der Waals surface area (Å²) in [6.45, 7) is 2.00. The Balaban J connectivity index is 1.81. The average molecular weight is 280 g/mol. The van der Waals surface area contributed by atoms with E-state index in [4.69, 9.17) is 9.47 Å². The molecule has 0 atom stereocenters. The van der Waals surface area contributed by atoms with Crippen molar-refractivity contribution < 1.29 is 18.7 Å². The minimum absolute atomic E-state index is 0.155. The molecule has 0 aliphatic carbocycles. The number of hydrogen-bond donors (Lipinski definition) is 2. The van der Waals surface area contributed by atoms with Crippen molar-refractivity contribution in [3.05, 3.63) is 30.1 Å². The van der Waals surface area contributed by atoms with Gasteiger partial charge in [0.05, 0.1) is 6.61 Å². The Morgan fingerprint density at radius 2 is 2.10 bits per heavy atom. The second-order valence-corrected chi connectivity index (χ2v) is 3.69. The number of amides is 1. The van der Waals surface area contributed by atoms with Crippen LogP contribution in [0, 0.1) is 5.82 Å². The highest BCUT2D eigenvalue weighted by Gasteiger charge is 2.08. The number of hydrogen-bond acceptors (Lipinski definition) is 5. The number of carbonyl (C=O) groups excluding carboxylic acids is 1. The van der Waals surface area contributed by atoms with Gasteiger partial charge in [0.25, 0.3) is 5.91 Å². The molecular formula is C12H13FN4O3. The van der Waals surface area contributed by atoms with Crippen LogP contribution in [0.4, 0.5) is 10.3 Å². The molecule has 2 N–H and O–H groups in total. The number of carbonyl (C=O) groups is 1. The quantitative estimate of drug-likeness (QED) is 0.834. The molecule has 0 fully saturated rings. The Morgan fingerprint density at radius 1 is 1.35 bits per heavy atom. The van der Waals surface area contributed by atoms with Gasteiger partial charge >= 0.3 is 6.01 Å². The Kier molecular flexibility index (Phi) is 4.48. The van der Waals surface area contributed by atoms with Gasteiger partial charge in [0.2, 0.25) is 5.95 Å². The summed E-state index contributed by atoms with van der Waals surface area (Å²) >= 11 is 0. The second-order valence-electron chi connectivity index (χ2n) is 3.69. The minimum atomic E-state index is -0.423. The topological polar surface area (TPSA) is 89.1 Å². The number of H-pyrrole nitrogens is 1. The Hall–Kier alpha value is -2.64. The molecule has 0 aliphatic heterocycles. The summed E-state index contributed by atoms with van der Waals surface area (Å²) in [5.41, 5.74) is 0. The molecule has 1 aromatic carbocycles. The van der Waals surface area contributed by atoms with Crippen LogP contribution < -0.4 is 14.8 Å². The molecule has 0 unspecified atom stereocenters. The Bertz CT molecular complexity index is 570. The monoisotopic (exact) mass is 280 g/mol. The molecule has 1 amide bonds. The largest absolute Gasteiger partial charge is 0.484 e. The first-order chi connectivity index (χ1) is 9.67. The molecule has 7 nitrogen and oxygen atoms in total. The van der Waals surface area contributed by atoms with Gasteiger partial charge < -0.3 is 9.47 Å². The number of anilines is 1. The standard InChI is InChI=1S/C12H13FN4O3/c1-2-19-12-15-11(16-17-12)14-10(18)7-20-9-5-3-8(13)4-6-9/h3-6H,2,7H2,1H3,(H2,14,15,16,17,18). The van der Waals surface area contributed by atoms with Crippen LogP contribution >= 0.6 is 0 Å². The van der Waals surface area contributed by atoms with Crippen LogP contribution in [0.3, 0.4) is 0 Å².